The van der Waals surface area contributed by atoms with Gasteiger partial charge in [0.1, 0.15) is 5.82 Å². The van der Waals surface area contributed by atoms with Crippen LogP contribution in [0.1, 0.15) is 21.5 Å². The van der Waals surface area contributed by atoms with Crippen molar-refractivity contribution in [3.05, 3.63) is 102 Å². The van der Waals surface area contributed by atoms with Gasteiger partial charge in [0.2, 0.25) is 5.82 Å². The van der Waals surface area contributed by atoms with Crippen molar-refractivity contribution >= 4 is 17.7 Å². The summed E-state index contributed by atoms with van der Waals surface area (Å²) < 4.78 is 20.4. The summed E-state index contributed by atoms with van der Waals surface area (Å²) in [6.45, 7) is 4.70. The van der Waals surface area contributed by atoms with Crippen molar-refractivity contribution in [2.24, 2.45) is 0 Å². The average molecular weight is 449 g/mol. The Bertz CT molecular complexity index is 1200. The van der Waals surface area contributed by atoms with Crippen LogP contribution in [-0.2, 0) is 18.8 Å². The van der Waals surface area contributed by atoms with Crippen LogP contribution in [0.5, 0.6) is 0 Å². The fourth-order valence-electron chi connectivity index (χ4n) is 3.11. The smallest absolute Gasteiger partial charge is 0.251 e. The highest BCUT2D eigenvalue weighted by molar-refractivity contribution is 7.98. The Morgan fingerprint density at radius 3 is 2.72 bits per heavy atom. The Balaban J connectivity index is 1.41. The van der Waals surface area contributed by atoms with Gasteiger partial charge in [0.05, 0.1) is 6.26 Å². The molecule has 4 aromatic rings. The molecule has 0 bridgehead atoms. The number of amides is 1. The molecule has 0 radical (unpaired) electrons. The first-order valence-corrected chi connectivity index (χ1v) is 10.9. The summed E-state index contributed by atoms with van der Waals surface area (Å²) in [7, 11) is 0. The Kier molecular flexibility index (Phi) is 6.81. The number of carbonyl (C=O) groups is 1. The van der Waals surface area contributed by atoms with Crippen molar-refractivity contribution in [1.82, 2.24) is 20.1 Å². The molecule has 2 aromatic carbocycles. The number of nitrogens with zero attached hydrogens (tertiary/aromatic N) is 3. The summed E-state index contributed by atoms with van der Waals surface area (Å²) in [5.74, 6) is 1.42. The molecule has 1 N–H and O–H groups in total. The summed E-state index contributed by atoms with van der Waals surface area (Å²) >= 11 is 1.52. The van der Waals surface area contributed by atoms with E-state index in [1.165, 1.54) is 23.9 Å². The maximum absolute atomic E-state index is 13.0. The van der Waals surface area contributed by atoms with Crippen LogP contribution < -0.4 is 5.32 Å². The average Bonchev–Trinajstić information content (AvgIpc) is 3.48. The molecular formula is C24H21FN4O2S. The molecule has 0 aliphatic heterocycles. The van der Waals surface area contributed by atoms with Crippen LogP contribution in [0.3, 0.4) is 0 Å². The highest BCUT2D eigenvalue weighted by Crippen LogP contribution is 2.27. The van der Waals surface area contributed by atoms with Gasteiger partial charge in [-0.15, -0.1) is 16.8 Å². The van der Waals surface area contributed by atoms with E-state index in [2.05, 4.69) is 22.1 Å². The third kappa shape index (κ3) is 5.15. The quantitative estimate of drug-likeness (QED) is 0.285. The molecule has 2 heterocycles. The van der Waals surface area contributed by atoms with Gasteiger partial charge >= 0.3 is 0 Å². The van der Waals surface area contributed by atoms with Gasteiger partial charge in [0, 0.05) is 24.4 Å². The molecule has 4 rings (SSSR count). The summed E-state index contributed by atoms with van der Waals surface area (Å²) in [6, 6.07) is 17.1. The Labute approximate surface area is 189 Å². The predicted molar refractivity (Wildman–Crippen MR) is 121 cm³/mol. The largest absolute Gasteiger partial charge is 0.461 e. The first-order valence-electron chi connectivity index (χ1n) is 9.96. The number of aromatic nitrogens is 3. The fraction of sp³-hybridized carbons (Fsp3) is 0.125. The molecular weight excluding hydrogens is 427 g/mol. The molecule has 6 nitrogen and oxygen atoms in total. The van der Waals surface area contributed by atoms with Gasteiger partial charge in [0.15, 0.2) is 10.9 Å². The first-order chi connectivity index (χ1) is 15.6. The van der Waals surface area contributed by atoms with E-state index in [1.54, 1.807) is 30.5 Å². The Hall–Kier alpha value is -3.65. The first kappa shape index (κ1) is 21.6. The second kappa shape index (κ2) is 10.1. The molecule has 0 aliphatic carbocycles. The maximum Gasteiger partial charge on any atom is 0.251 e. The van der Waals surface area contributed by atoms with Crippen LogP contribution in [0, 0.1) is 5.82 Å². The number of carbonyl (C=O) groups excluding carboxylic acids is 1. The van der Waals surface area contributed by atoms with Gasteiger partial charge in [-0.3, -0.25) is 9.36 Å². The highest BCUT2D eigenvalue weighted by atomic mass is 32.2. The number of nitrogens with one attached hydrogen (secondary N) is 1. The van der Waals surface area contributed by atoms with Gasteiger partial charge in [-0.1, -0.05) is 42.1 Å². The summed E-state index contributed by atoms with van der Waals surface area (Å²) in [4.78, 5) is 12.5. The standard InChI is InChI=1S/C24H21FN4O2S/c1-2-12-29-22(21-7-4-13-31-21)27-28-24(29)32-16-18-5-3-6-19(14-18)23(30)26-15-17-8-10-20(25)11-9-17/h2-11,13-14H,1,12,15-16H2,(H,26,30). The minimum Gasteiger partial charge on any atom is -0.461 e. The summed E-state index contributed by atoms with van der Waals surface area (Å²) in [5, 5.41) is 12.2. The third-order valence-corrected chi connectivity index (χ3v) is 5.73. The van der Waals surface area contributed by atoms with E-state index >= 15 is 0 Å². The number of allylic oxidation sites excluding steroid dienone is 1. The zero-order chi connectivity index (χ0) is 22.3. The van der Waals surface area contributed by atoms with E-state index in [-0.39, 0.29) is 11.7 Å². The lowest BCUT2D eigenvalue weighted by Crippen LogP contribution is -2.22. The lowest BCUT2D eigenvalue weighted by atomic mass is 10.1. The van der Waals surface area contributed by atoms with Crippen LogP contribution in [0.4, 0.5) is 4.39 Å². The molecule has 1 amide bonds. The molecule has 0 unspecified atom stereocenters. The lowest BCUT2D eigenvalue weighted by Gasteiger charge is -2.08. The van der Waals surface area contributed by atoms with Crippen molar-refractivity contribution in [3.63, 3.8) is 0 Å². The van der Waals surface area contributed by atoms with Crippen LogP contribution in [0.2, 0.25) is 0 Å². The summed E-state index contributed by atoms with van der Waals surface area (Å²) in [6.07, 6.45) is 3.38. The van der Waals surface area contributed by atoms with Crippen LogP contribution in [0.15, 0.2) is 89.2 Å². The van der Waals surface area contributed by atoms with Gasteiger partial charge in [-0.2, -0.15) is 0 Å². The van der Waals surface area contributed by atoms with E-state index in [4.69, 9.17) is 4.42 Å². The molecule has 0 saturated carbocycles. The lowest BCUT2D eigenvalue weighted by molar-refractivity contribution is 0.0951. The molecule has 32 heavy (non-hydrogen) atoms. The van der Waals surface area contributed by atoms with Gasteiger partial charge in [-0.05, 0) is 47.5 Å². The number of benzene rings is 2. The van der Waals surface area contributed by atoms with Crippen molar-refractivity contribution in [2.75, 3.05) is 0 Å². The second-order valence-corrected chi connectivity index (χ2v) is 7.92. The van der Waals surface area contributed by atoms with Crippen LogP contribution in [0.25, 0.3) is 11.6 Å². The molecule has 8 heteroatoms. The predicted octanol–water partition coefficient (Wildman–Crippen LogP) is 5.09. The van der Waals surface area contributed by atoms with E-state index in [9.17, 15) is 9.18 Å². The molecule has 0 spiro atoms. The van der Waals surface area contributed by atoms with Gasteiger partial charge in [0.25, 0.3) is 5.91 Å². The maximum atomic E-state index is 13.0. The topological polar surface area (TPSA) is 73.0 Å². The van der Waals surface area contributed by atoms with Crippen molar-refractivity contribution in [1.29, 1.82) is 0 Å². The minimum absolute atomic E-state index is 0.184. The number of rotatable bonds is 9. The monoisotopic (exact) mass is 448 g/mol. The number of thioether (sulfide) groups is 1. The van der Waals surface area contributed by atoms with Gasteiger partial charge < -0.3 is 9.73 Å². The third-order valence-electron chi connectivity index (χ3n) is 4.69. The van der Waals surface area contributed by atoms with Crippen molar-refractivity contribution < 1.29 is 13.6 Å². The molecule has 0 atom stereocenters. The van der Waals surface area contributed by atoms with E-state index < -0.39 is 0 Å². The number of hydrogen-bond donors (Lipinski definition) is 1. The van der Waals surface area contributed by atoms with Gasteiger partial charge in [-0.25, -0.2) is 4.39 Å². The zero-order valence-electron chi connectivity index (χ0n) is 17.2. The molecule has 0 saturated heterocycles. The van der Waals surface area contributed by atoms with Crippen molar-refractivity contribution in [3.8, 4) is 11.6 Å². The minimum atomic E-state index is -0.300. The van der Waals surface area contributed by atoms with Crippen LogP contribution in [-0.4, -0.2) is 20.7 Å². The summed E-state index contributed by atoms with van der Waals surface area (Å²) in [5.41, 5.74) is 2.38. The Morgan fingerprint density at radius 1 is 1.12 bits per heavy atom. The normalized spacial score (nSPS) is 10.8. The van der Waals surface area contributed by atoms with E-state index in [1.807, 2.05) is 34.9 Å². The van der Waals surface area contributed by atoms with E-state index in [0.717, 1.165) is 16.3 Å². The van der Waals surface area contributed by atoms with E-state index in [0.29, 0.717) is 36.0 Å². The number of hydrogen-bond acceptors (Lipinski definition) is 5. The molecule has 162 valence electrons. The van der Waals surface area contributed by atoms with Crippen LogP contribution >= 0.6 is 11.8 Å². The second-order valence-electron chi connectivity index (χ2n) is 6.98. The highest BCUT2D eigenvalue weighted by Gasteiger charge is 2.16. The SMILES string of the molecule is C=CCn1c(SCc2cccc(C(=O)NCc3ccc(F)cc3)c2)nnc1-c1ccco1. The molecule has 2 aromatic heterocycles. The van der Waals surface area contributed by atoms with Crippen molar-refractivity contribution in [2.45, 2.75) is 24.0 Å². The number of furan rings is 1. The fourth-order valence-corrected chi connectivity index (χ4v) is 4.00. The Morgan fingerprint density at radius 2 is 1.97 bits per heavy atom. The number of halogens is 1. The molecule has 0 fully saturated rings. The zero-order valence-corrected chi connectivity index (χ0v) is 18.0. The molecule has 0 aliphatic rings.